The van der Waals surface area contributed by atoms with Crippen LogP contribution in [0.2, 0.25) is 0 Å². The van der Waals surface area contributed by atoms with Crippen molar-refractivity contribution in [2.24, 2.45) is 0 Å². The standard InChI is InChI=1S/C15H24BrNO/c1-3-17-11-7-5-4-6-8-13-12-14(16)9-10-15(13)18-2/h9-10,12,17H,3-8,11H2,1-2H3. The number of benzene rings is 1. The molecule has 0 atom stereocenters. The number of unbranched alkanes of at least 4 members (excludes halogenated alkanes) is 3. The van der Waals surface area contributed by atoms with E-state index in [0.717, 1.165) is 29.7 Å². The Bertz CT molecular complexity index is 341. The van der Waals surface area contributed by atoms with Crippen molar-refractivity contribution >= 4 is 15.9 Å². The van der Waals surface area contributed by atoms with Crippen LogP contribution in [0.4, 0.5) is 0 Å². The van der Waals surface area contributed by atoms with E-state index in [9.17, 15) is 0 Å². The second-order valence-corrected chi connectivity index (χ2v) is 5.39. The number of methoxy groups -OCH3 is 1. The molecular formula is C15H24BrNO. The topological polar surface area (TPSA) is 21.3 Å². The van der Waals surface area contributed by atoms with E-state index in [4.69, 9.17) is 4.74 Å². The lowest BCUT2D eigenvalue weighted by atomic mass is 10.1. The Morgan fingerprint density at radius 3 is 2.67 bits per heavy atom. The lowest BCUT2D eigenvalue weighted by Crippen LogP contribution is -2.13. The molecule has 1 N–H and O–H groups in total. The second-order valence-electron chi connectivity index (χ2n) is 4.47. The fourth-order valence-electron chi connectivity index (χ4n) is 2.04. The lowest BCUT2D eigenvalue weighted by Gasteiger charge is -2.09. The van der Waals surface area contributed by atoms with Crippen molar-refractivity contribution < 1.29 is 4.74 Å². The largest absolute Gasteiger partial charge is 0.496 e. The Hall–Kier alpha value is -0.540. The summed E-state index contributed by atoms with van der Waals surface area (Å²) >= 11 is 3.51. The molecule has 0 spiro atoms. The van der Waals surface area contributed by atoms with Crippen LogP contribution in [-0.4, -0.2) is 20.2 Å². The van der Waals surface area contributed by atoms with Crippen LogP contribution >= 0.6 is 15.9 Å². The van der Waals surface area contributed by atoms with Crippen molar-refractivity contribution in [1.82, 2.24) is 5.32 Å². The summed E-state index contributed by atoms with van der Waals surface area (Å²) < 4.78 is 6.51. The number of ether oxygens (including phenoxy) is 1. The molecule has 0 unspecified atom stereocenters. The summed E-state index contributed by atoms with van der Waals surface area (Å²) in [5.41, 5.74) is 1.30. The minimum Gasteiger partial charge on any atom is -0.496 e. The number of hydrogen-bond acceptors (Lipinski definition) is 2. The highest BCUT2D eigenvalue weighted by Gasteiger charge is 2.03. The van der Waals surface area contributed by atoms with Gasteiger partial charge >= 0.3 is 0 Å². The van der Waals surface area contributed by atoms with Gasteiger partial charge in [0.25, 0.3) is 0 Å². The Labute approximate surface area is 119 Å². The highest BCUT2D eigenvalue weighted by molar-refractivity contribution is 9.10. The average molecular weight is 314 g/mol. The van der Waals surface area contributed by atoms with Crippen LogP contribution in [0, 0.1) is 0 Å². The van der Waals surface area contributed by atoms with Gasteiger partial charge in [-0.05, 0) is 56.1 Å². The molecule has 0 fully saturated rings. The van der Waals surface area contributed by atoms with Gasteiger partial charge in [0.15, 0.2) is 0 Å². The first-order valence-electron chi connectivity index (χ1n) is 6.81. The van der Waals surface area contributed by atoms with Crippen LogP contribution in [-0.2, 0) is 6.42 Å². The highest BCUT2D eigenvalue weighted by Crippen LogP contribution is 2.24. The van der Waals surface area contributed by atoms with Gasteiger partial charge in [0.2, 0.25) is 0 Å². The number of halogens is 1. The molecule has 0 aliphatic rings. The van der Waals surface area contributed by atoms with Crippen LogP contribution in [0.1, 0.15) is 38.2 Å². The zero-order chi connectivity index (χ0) is 13.2. The first-order valence-corrected chi connectivity index (χ1v) is 7.60. The van der Waals surface area contributed by atoms with Gasteiger partial charge in [-0.1, -0.05) is 35.7 Å². The molecular weight excluding hydrogens is 290 g/mol. The molecule has 0 saturated heterocycles. The Morgan fingerprint density at radius 1 is 1.17 bits per heavy atom. The molecule has 0 aromatic heterocycles. The minimum atomic E-state index is 1.01. The van der Waals surface area contributed by atoms with E-state index in [1.54, 1.807) is 7.11 Å². The highest BCUT2D eigenvalue weighted by atomic mass is 79.9. The molecule has 0 bridgehead atoms. The maximum Gasteiger partial charge on any atom is 0.122 e. The Kier molecular flexibility index (Phi) is 8.10. The van der Waals surface area contributed by atoms with Gasteiger partial charge < -0.3 is 10.1 Å². The average Bonchev–Trinajstić information content (AvgIpc) is 2.38. The molecule has 0 radical (unpaired) electrons. The lowest BCUT2D eigenvalue weighted by molar-refractivity contribution is 0.408. The molecule has 1 aromatic rings. The number of hydrogen-bond donors (Lipinski definition) is 1. The monoisotopic (exact) mass is 313 g/mol. The van der Waals surface area contributed by atoms with Crippen molar-refractivity contribution in [2.45, 2.75) is 39.0 Å². The van der Waals surface area contributed by atoms with Crippen molar-refractivity contribution in [3.05, 3.63) is 28.2 Å². The van der Waals surface area contributed by atoms with E-state index in [2.05, 4.69) is 34.2 Å². The van der Waals surface area contributed by atoms with Crippen molar-refractivity contribution in [1.29, 1.82) is 0 Å². The minimum absolute atomic E-state index is 1.01. The molecule has 2 nitrogen and oxygen atoms in total. The third kappa shape index (κ3) is 5.87. The van der Waals surface area contributed by atoms with Crippen molar-refractivity contribution in [2.75, 3.05) is 20.2 Å². The van der Waals surface area contributed by atoms with E-state index in [1.807, 2.05) is 12.1 Å². The number of nitrogens with one attached hydrogen (secondary N) is 1. The summed E-state index contributed by atoms with van der Waals surface area (Å²) in [6, 6.07) is 6.22. The number of rotatable bonds is 9. The molecule has 18 heavy (non-hydrogen) atoms. The quantitative estimate of drug-likeness (QED) is 0.691. The van der Waals surface area contributed by atoms with E-state index in [0.29, 0.717) is 0 Å². The SMILES string of the molecule is CCNCCCCCCc1cc(Br)ccc1OC. The van der Waals surface area contributed by atoms with Crippen molar-refractivity contribution in [3.63, 3.8) is 0 Å². The predicted octanol–water partition coefficient (Wildman–Crippen LogP) is 4.17. The summed E-state index contributed by atoms with van der Waals surface area (Å²) in [5, 5.41) is 3.36. The van der Waals surface area contributed by atoms with E-state index in [-0.39, 0.29) is 0 Å². The first kappa shape index (κ1) is 15.5. The van der Waals surface area contributed by atoms with Gasteiger partial charge in [-0.2, -0.15) is 0 Å². The van der Waals surface area contributed by atoms with Gasteiger partial charge in [0, 0.05) is 4.47 Å². The number of aryl methyl sites for hydroxylation is 1. The fourth-order valence-corrected chi connectivity index (χ4v) is 2.45. The Balaban J connectivity index is 2.24. The molecule has 0 aliphatic heterocycles. The third-order valence-electron chi connectivity index (χ3n) is 3.04. The zero-order valence-electron chi connectivity index (χ0n) is 11.5. The van der Waals surface area contributed by atoms with Gasteiger partial charge in [-0.15, -0.1) is 0 Å². The summed E-state index contributed by atoms with van der Waals surface area (Å²) in [6.45, 7) is 4.38. The molecule has 0 aliphatic carbocycles. The first-order chi connectivity index (χ1) is 8.77. The third-order valence-corrected chi connectivity index (χ3v) is 3.54. The Morgan fingerprint density at radius 2 is 1.94 bits per heavy atom. The summed E-state index contributed by atoms with van der Waals surface area (Å²) in [4.78, 5) is 0. The molecule has 1 rings (SSSR count). The van der Waals surface area contributed by atoms with E-state index < -0.39 is 0 Å². The van der Waals surface area contributed by atoms with Crippen LogP contribution < -0.4 is 10.1 Å². The summed E-state index contributed by atoms with van der Waals surface area (Å²) in [6.07, 6.45) is 6.22. The molecule has 0 heterocycles. The second kappa shape index (κ2) is 9.40. The predicted molar refractivity (Wildman–Crippen MR) is 81.4 cm³/mol. The fraction of sp³-hybridized carbons (Fsp3) is 0.600. The van der Waals surface area contributed by atoms with Gasteiger partial charge in [0.05, 0.1) is 7.11 Å². The normalized spacial score (nSPS) is 10.6. The van der Waals surface area contributed by atoms with E-state index in [1.165, 1.54) is 31.2 Å². The maximum absolute atomic E-state index is 5.38. The van der Waals surface area contributed by atoms with Crippen LogP contribution in [0.15, 0.2) is 22.7 Å². The summed E-state index contributed by atoms with van der Waals surface area (Å²) in [5.74, 6) is 1.01. The molecule has 1 aromatic carbocycles. The van der Waals surface area contributed by atoms with Gasteiger partial charge in [-0.25, -0.2) is 0 Å². The molecule has 102 valence electrons. The van der Waals surface area contributed by atoms with Crippen LogP contribution in [0.5, 0.6) is 5.75 Å². The van der Waals surface area contributed by atoms with Crippen LogP contribution in [0.3, 0.4) is 0 Å². The molecule has 0 saturated carbocycles. The zero-order valence-corrected chi connectivity index (χ0v) is 13.1. The summed E-state index contributed by atoms with van der Waals surface area (Å²) in [7, 11) is 1.74. The maximum atomic E-state index is 5.38. The van der Waals surface area contributed by atoms with Crippen molar-refractivity contribution in [3.8, 4) is 5.75 Å². The van der Waals surface area contributed by atoms with Gasteiger partial charge in [0.1, 0.15) is 5.75 Å². The molecule has 0 amide bonds. The van der Waals surface area contributed by atoms with Crippen LogP contribution in [0.25, 0.3) is 0 Å². The van der Waals surface area contributed by atoms with E-state index >= 15 is 0 Å². The van der Waals surface area contributed by atoms with Gasteiger partial charge in [-0.3, -0.25) is 0 Å². The smallest absolute Gasteiger partial charge is 0.122 e. The molecule has 3 heteroatoms.